The molecule has 1 saturated heterocycles. The molecular weight excluding hydrogens is 463 g/mol. The predicted octanol–water partition coefficient (Wildman–Crippen LogP) is 3.76. The summed E-state index contributed by atoms with van der Waals surface area (Å²) in [5.74, 6) is -0.528. The van der Waals surface area contributed by atoms with Crippen molar-refractivity contribution >= 4 is 40.3 Å². The lowest BCUT2D eigenvalue weighted by molar-refractivity contribution is -0.140. The van der Waals surface area contributed by atoms with E-state index in [2.05, 4.69) is 10.3 Å². The number of fused-ring (bicyclic) bond motifs is 2. The van der Waals surface area contributed by atoms with Gasteiger partial charge in [0, 0.05) is 47.9 Å². The maximum atomic E-state index is 14.1. The quantitative estimate of drug-likeness (QED) is 0.538. The van der Waals surface area contributed by atoms with Crippen LogP contribution in [0, 0.1) is 17.7 Å². The first-order valence-corrected chi connectivity index (χ1v) is 11.3. The van der Waals surface area contributed by atoms with E-state index in [4.69, 9.17) is 16.3 Å². The van der Waals surface area contributed by atoms with Crippen LogP contribution in [0.2, 0.25) is 5.02 Å². The van der Waals surface area contributed by atoms with E-state index in [1.807, 2.05) is 0 Å². The molecule has 0 unspecified atom stereocenters. The van der Waals surface area contributed by atoms with Crippen LogP contribution in [0.3, 0.4) is 0 Å². The lowest BCUT2D eigenvalue weighted by Gasteiger charge is -2.27. The van der Waals surface area contributed by atoms with E-state index in [-0.39, 0.29) is 41.3 Å². The number of ketones is 1. The number of rotatable bonds is 6. The minimum Gasteiger partial charge on any atom is -0.425 e. The van der Waals surface area contributed by atoms with Crippen molar-refractivity contribution in [2.45, 2.75) is 32.7 Å². The zero-order valence-electron chi connectivity index (χ0n) is 18.3. The van der Waals surface area contributed by atoms with Crippen molar-refractivity contribution in [2.75, 3.05) is 6.54 Å². The Labute approximate surface area is 199 Å². The summed E-state index contributed by atoms with van der Waals surface area (Å²) in [7, 11) is 0. The third kappa shape index (κ3) is 4.11. The second-order valence-electron chi connectivity index (χ2n) is 8.69. The fourth-order valence-electron chi connectivity index (χ4n) is 4.60. The van der Waals surface area contributed by atoms with E-state index in [1.54, 1.807) is 40.2 Å². The third-order valence-electron chi connectivity index (χ3n) is 6.45. The number of Topliss-reactive ketones (excluding diaryl/α,β-unsaturated/α-hetero) is 1. The average Bonchev–Trinajstić information content (AvgIpc) is 3.37. The van der Waals surface area contributed by atoms with E-state index >= 15 is 0 Å². The highest BCUT2D eigenvalue weighted by atomic mass is 35.5. The number of nitrogens with zero attached hydrogens (tertiary/aromatic N) is 3. The van der Waals surface area contributed by atoms with E-state index in [0.29, 0.717) is 23.5 Å². The number of carbonyl (C=O) groups is 3. The van der Waals surface area contributed by atoms with Crippen molar-refractivity contribution in [2.24, 2.45) is 11.8 Å². The summed E-state index contributed by atoms with van der Waals surface area (Å²) in [4.78, 5) is 43.3. The number of pyridine rings is 1. The number of piperidine rings is 1. The van der Waals surface area contributed by atoms with Gasteiger partial charge < -0.3 is 19.5 Å². The molecule has 3 heterocycles. The Bertz CT molecular complexity index is 1310. The molecule has 3 atom stereocenters. The van der Waals surface area contributed by atoms with Gasteiger partial charge >= 0.3 is 6.09 Å². The van der Waals surface area contributed by atoms with E-state index < -0.39 is 18.1 Å². The molecule has 1 saturated carbocycles. The van der Waals surface area contributed by atoms with E-state index in [9.17, 15) is 18.8 Å². The summed E-state index contributed by atoms with van der Waals surface area (Å²) in [5, 5.41) is 3.24. The molecule has 0 radical (unpaired) electrons. The van der Waals surface area contributed by atoms with Crippen LogP contribution in [0.1, 0.15) is 29.3 Å². The van der Waals surface area contributed by atoms with Crippen molar-refractivity contribution < 1.29 is 23.5 Å². The first-order valence-electron chi connectivity index (χ1n) is 10.9. The highest BCUT2D eigenvalue weighted by Crippen LogP contribution is 2.50. The summed E-state index contributed by atoms with van der Waals surface area (Å²) < 4.78 is 21.3. The molecule has 1 N–H and O–H groups in total. The first-order chi connectivity index (χ1) is 16.3. The molecule has 1 aliphatic heterocycles. The summed E-state index contributed by atoms with van der Waals surface area (Å²) in [6.45, 7) is 1.88. The summed E-state index contributed by atoms with van der Waals surface area (Å²) in [6, 6.07) is 6.29. The van der Waals surface area contributed by atoms with Gasteiger partial charge in [-0.15, -0.1) is 0 Å². The smallest absolute Gasteiger partial charge is 0.409 e. The molecule has 3 aromatic rings. The topological polar surface area (TPSA) is 93.5 Å². The number of likely N-dealkylation sites (tertiary alicyclic amines) is 1. The number of amides is 2. The normalized spacial score (nSPS) is 20.8. The molecule has 8 nitrogen and oxygen atoms in total. The summed E-state index contributed by atoms with van der Waals surface area (Å²) in [5.41, 5.74) is 1.45. The lowest BCUT2D eigenvalue weighted by Crippen LogP contribution is -2.44. The fourth-order valence-corrected chi connectivity index (χ4v) is 4.80. The van der Waals surface area contributed by atoms with Crippen molar-refractivity contribution in [1.29, 1.82) is 0 Å². The largest absolute Gasteiger partial charge is 0.425 e. The molecule has 176 valence electrons. The standard InChI is InChI=1S/C24H22ClFN4O4/c1-13(31)18-11-29(20-9-27-6-5-16(18)20)12-21(32)30-10-15-7-17(15)23(30)34-24(33)28-8-14-3-2-4-19(25)22(14)26/h2-6,9,11,15,17,23H,7-8,10,12H2,1H3,(H,28,33)/t15-,17-,23+/m1/s1. The highest BCUT2D eigenvalue weighted by molar-refractivity contribution is 6.30. The molecule has 1 aromatic carbocycles. The monoisotopic (exact) mass is 484 g/mol. The van der Waals surface area contributed by atoms with Crippen molar-refractivity contribution in [3.05, 3.63) is 64.8 Å². The van der Waals surface area contributed by atoms with Crippen LogP contribution in [-0.4, -0.2) is 45.0 Å². The van der Waals surface area contributed by atoms with Crippen LogP contribution in [-0.2, 0) is 22.6 Å². The number of aromatic nitrogens is 2. The number of hydrogen-bond donors (Lipinski definition) is 1. The number of benzene rings is 1. The van der Waals surface area contributed by atoms with Gasteiger partial charge in [-0.05, 0) is 31.4 Å². The van der Waals surface area contributed by atoms with Gasteiger partial charge in [0.25, 0.3) is 0 Å². The zero-order chi connectivity index (χ0) is 24.0. The molecule has 5 rings (SSSR count). The Hall–Kier alpha value is -3.46. The number of alkyl carbamates (subject to hydrolysis) is 1. The number of nitrogens with one attached hydrogen (secondary N) is 1. The van der Waals surface area contributed by atoms with Crippen LogP contribution in [0.15, 0.2) is 42.9 Å². The predicted molar refractivity (Wildman–Crippen MR) is 122 cm³/mol. The number of ether oxygens (including phenoxy) is 1. The number of hydrogen-bond acceptors (Lipinski definition) is 5. The SMILES string of the molecule is CC(=O)c1cn(CC(=O)N2C[C@H]3C[C@H]3[C@@H]2OC(=O)NCc2cccc(Cl)c2F)c2cnccc12. The van der Waals surface area contributed by atoms with Gasteiger partial charge in [0.15, 0.2) is 12.0 Å². The van der Waals surface area contributed by atoms with Crippen molar-refractivity contribution in [1.82, 2.24) is 19.8 Å². The van der Waals surface area contributed by atoms with Crippen molar-refractivity contribution in [3.8, 4) is 0 Å². The van der Waals surface area contributed by atoms with Crippen LogP contribution in [0.5, 0.6) is 0 Å². The average molecular weight is 485 g/mol. The molecule has 0 spiro atoms. The van der Waals surface area contributed by atoms with Gasteiger partial charge in [-0.3, -0.25) is 14.6 Å². The Morgan fingerprint density at radius 3 is 2.91 bits per heavy atom. The van der Waals surface area contributed by atoms with Gasteiger partial charge in [-0.1, -0.05) is 23.7 Å². The van der Waals surface area contributed by atoms with E-state index in [0.717, 1.165) is 11.8 Å². The fraction of sp³-hybridized carbons (Fsp3) is 0.333. The second-order valence-corrected chi connectivity index (χ2v) is 9.09. The number of halogens is 2. The van der Waals surface area contributed by atoms with Crippen molar-refractivity contribution in [3.63, 3.8) is 0 Å². The number of carbonyl (C=O) groups excluding carboxylic acids is 3. The van der Waals surface area contributed by atoms with Gasteiger partial charge in [0.2, 0.25) is 5.91 Å². The first kappa shape index (κ1) is 22.3. The molecule has 2 fully saturated rings. The van der Waals surface area contributed by atoms with Crippen LogP contribution in [0.25, 0.3) is 10.9 Å². The van der Waals surface area contributed by atoms with Crippen LogP contribution in [0.4, 0.5) is 9.18 Å². The minimum atomic E-state index is -0.732. The molecule has 2 aliphatic rings. The van der Waals surface area contributed by atoms with Gasteiger partial charge in [0.1, 0.15) is 12.4 Å². The third-order valence-corrected chi connectivity index (χ3v) is 6.75. The summed E-state index contributed by atoms with van der Waals surface area (Å²) >= 11 is 5.78. The minimum absolute atomic E-state index is 0.00980. The Kier molecular flexibility index (Phi) is 5.73. The molecule has 10 heteroatoms. The molecule has 0 bridgehead atoms. The highest BCUT2D eigenvalue weighted by Gasteiger charge is 2.56. The van der Waals surface area contributed by atoms with Crippen LogP contribution >= 0.6 is 11.6 Å². The maximum absolute atomic E-state index is 14.1. The molecule has 34 heavy (non-hydrogen) atoms. The molecule has 1 aliphatic carbocycles. The van der Waals surface area contributed by atoms with Gasteiger partial charge in [-0.25, -0.2) is 9.18 Å². The Morgan fingerprint density at radius 2 is 2.12 bits per heavy atom. The van der Waals surface area contributed by atoms with Gasteiger partial charge in [-0.2, -0.15) is 0 Å². The van der Waals surface area contributed by atoms with E-state index in [1.165, 1.54) is 19.1 Å². The maximum Gasteiger partial charge on any atom is 0.409 e. The summed E-state index contributed by atoms with van der Waals surface area (Å²) in [6.07, 6.45) is 4.35. The molecule has 2 aromatic heterocycles. The van der Waals surface area contributed by atoms with Crippen LogP contribution < -0.4 is 5.32 Å². The zero-order valence-corrected chi connectivity index (χ0v) is 19.1. The van der Waals surface area contributed by atoms with Gasteiger partial charge in [0.05, 0.1) is 16.7 Å². The Balaban J connectivity index is 1.27. The lowest BCUT2D eigenvalue weighted by atomic mass is 10.1. The Morgan fingerprint density at radius 1 is 1.29 bits per heavy atom. The molecular formula is C24H22ClFN4O4. The second kappa shape index (κ2) is 8.72. The molecule has 2 amide bonds.